The zero-order valence-corrected chi connectivity index (χ0v) is 11.4. The van der Waals surface area contributed by atoms with Crippen LogP contribution in [-0.4, -0.2) is 14.1 Å². The lowest BCUT2D eigenvalue weighted by Crippen LogP contribution is -2.24. The monoisotopic (exact) mass is 285 g/mol. The van der Waals surface area contributed by atoms with Gasteiger partial charge in [0.2, 0.25) is 0 Å². The van der Waals surface area contributed by atoms with Crippen molar-refractivity contribution >= 4 is 23.2 Å². The molecule has 2 rings (SSSR count). The molecule has 0 saturated carbocycles. The number of imidazole rings is 1. The molecule has 0 aliphatic rings. The average Bonchev–Trinajstić information content (AvgIpc) is 2.66. The molecular formula is C12H13Cl2N3O. The first-order valence-corrected chi connectivity index (χ1v) is 6.43. The van der Waals surface area contributed by atoms with Crippen LogP contribution in [0.4, 0.5) is 0 Å². The predicted molar refractivity (Wildman–Crippen MR) is 72.3 cm³/mol. The lowest BCUT2D eigenvalue weighted by Gasteiger charge is -2.04. The summed E-state index contributed by atoms with van der Waals surface area (Å²) >= 11 is 11.8. The van der Waals surface area contributed by atoms with E-state index in [2.05, 4.69) is 4.98 Å². The van der Waals surface area contributed by atoms with Crippen molar-refractivity contribution in [1.29, 1.82) is 0 Å². The van der Waals surface area contributed by atoms with Crippen LogP contribution in [0.2, 0.25) is 10.2 Å². The van der Waals surface area contributed by atoms with Gasteiger partial charge in [0.1, 0.15) is 5.15 Å². The van der Waals surface area contributed by atoms with Gasteiger partial charge in [-0.05, 0) is 12.5 Å². The van der Waals surface area contributed by atoms with Crippen molar-refractivity contribution in [3.8, 4) is 0 Å². The van der Waals surface area contributed by atoms with E-state index in [1.807, 2.05) is 6.92 Å². The van der Waals surface area contributed by atoms with Gasteiger partial charge < -0.3 is 0 Å². The van der Waals surface area contributed by atoms with E-state index < -0.39 is 0 Å². The highest BCUT2D eigenvalue weighted by Crippen LogP contribution is 2.19. The first kappa shape index (κ1) is 13.2. The molecule has 0 atom stereocenters. The highest BCUT2D eigenvalue weighted by atomic mass is 35.5. The van der Waals surface area contributed by atoms with Crippen molar-refractivity contribution < 1.29 is 0 Å². The molecule has 2 aromatic heterocycles. The number of aryl methyl sites for hydroxylation is 1. The van der Waals surface area contributed by atoms with Crippen molar-refractivity contribution in [2.45, 2.75) is 26.4 Å². The zero-order valence-electron chi connectivity index (χ0n) is 9.94. The molecule has 0 radical (unpaired) electrons. The van der Waals surface area contributed by atoms with Crippen molar-refractivity contribution in [2.24, 2.45) is 0 Å². The van der Waals surface area contributed by atoms with Crippen LogP contribution in [0.25, 0.3) is 0 Å². The van der Waals surface area contributed by atoms with Crippen LogP contribution < -0.4 is 5.69 Å². The molecule has 0 amide bonds. The Morgan fingerprint density at radius 3 is 2.67 bits per heavy atom. The van der Waals surface area contributed by atoms with Crippen molar-refractivity contribution in [2.75, 3.05) is 0 Å². The molecule has 2 heterocycles. The van der Waals surface area contributed by atoms with Gasteiger partial charge >= 0.3 is 5.69 Å². The number of hydrogen-bond donors (Lipinski definition) is 0. The largest absolute Gasteiger partial charge is 0.328 e. The minimum atomic E-state index is -0.0390. The Kier molecular flexibility index (Phi) is 4.09. The van der Waals surface area contributed by atoms with Crippen LogP contribution >= 0.6 is 23.2 Å². The SMILES string of the molecule is CCCn1ccn(Cc2cnc(Cl)cc2Cl)c1=O. The number of rotatable bonds is 4. The number of halogens is 2. The molecule has 0 saturated heterocycles. The second-order valence-electron chi connectivity index (χ2n) is 4.00. The lowest BCUT2D eigenvalue weighted by molar-refractivity contribution is 0.624. The van der Waals surface area contributed by atoms with E-state index in [4.69, 9.17) is 23.2 Å². The number of aromatic nitrogens is 3. The highest BCUT2D eigenvalue weighted by molar-refractivity contribution is 6.34. The van der Waals surface area contributed by atoms with Gasteiger partial charge in [-0.2, -0.15) is 0 Å². The number of nitrogens with zero attached hydrogens (tertiary/aromatic N) is 3. The molecule has 0 bridgehead atoms. The molecule has 0 fully saturated rings. The maximum Gasteiger partial charge on any atom is 0.328 e. The van der Waals surface area contributed by atoms with E-state index in [9.17, 15) is 4.79 Å². The molecule has 0 N–H and O–H groups in total. The van der Waals surface area contributed by atoms with Gasteiger partial charge in [-0.3, -0.25) is 9.13 Å². The summed E-state index contributed by atoms with van der Waals surface area (Å²) in [4.78, 5) is 15.9. The molecule has 0 aliphatic heterocycles. The first-order valence-electron chi connectivity index (χ1n) is 5.67. The van der Waals surface area contributed by atoms with Crippen LogP contribution in [-0.2, 0) is 13.1 Å². The molecule has 4 nitrogen and oxygen atoms in total. The van der Waals surface area contributed by atoms with Crippen molar-refractivity contribution in [1.82, 2.24) is 14.1 Å². The molecule has 0 aliphatic carbocycles. The molecule has 0 unspecified atom stereocenters. The van der Waals surface area contributed by atoms with Crippen LogP contribution in [0.3, 0.4) is 0 Å². The number of pyridine rings is 1. The van der Waals surface area contributed by atoms with Gasteiger partial charge in [0.25, 0.3) is 0 Å². The van der Waals surface area contributed by atoms with Crippen LogP contribution in [0.1, 0.15) is 18.9 Å². The van der Waals surface area contributed by atoms with Crippen LogP contribution in [0.15, 0.2) is 29.5 Å². The lowest BCUT2D eigenvalue weighted by atomic mass is 10.3. The van der Waals surface area contributed by atoms with Crippen LogP contribution in [0, 0.1) is 0 Å². The summed E-state index contributed by atoms with van der Waals surface area (Å²) in [5.41, 5.74) is 0.736. The molecule has 6 heteroatoms. The maximum absolute atomic E-state index is 12.0. The van der Waals surface area contributed by atoms with E-state index in [0.717, 1.165) is 18.5 Å². The highest BCUT2D eigenvalue weighted by Gasteiger charge is 2.07. The van der Waals surface area contributed by atoms with Gasteiger partial charge in [-0.25, -0.2) is 9.78 Å². The fourth-order valence-electron chi connectivity index (χ4n) is 1.72. The third-order valence-electron chi connectivity index (χ3n) is 2.62. The summed E-state index contributed by atoms with van der Waals surface area (Å²) in [5, 5.41) is 0.866. The van der Waals surface area contributed by atoms with Gasteiger partial charge in [0, 0.05) is 30.7 Å². The topological polar surface area (TPSA) is 39.8 Å². The number of hydrogen-bond acceptors (Lipinski definition) is 2. The summed E-state index contributed by atoms with van der Waals surface area (Å²) in [6.07, 6.45) is 6.05. The summed E-state index contributed by atoms with van der Waals surface area (Å²) in [6.45, 7) is 3.15. The molecule has 0 aromatic carbocycles. The Morgan fingerprint density at radius 2 is 2.00 bits per heavy atom. The Bertz CT molecular complexity index is 604. The molecule has 18 heavy (non-hydrogen) atoms. The Labute approximate surface area is 115 Å². The Hall–Kier alpha value is -1.26. The third-order valence-corrected chi connectivity index (χ3v) is 3.18. The Morgan fingerprint density at radius 1 is 1.28 bits per heavy atom. The van der Waals surface area contributed by atoms with E-state index in [-0.39, 0.29) is 5.69 Å². The smallest absolute Gasteiger partial charge is 0.299 e. The molecular weight excluding hydrogens is 273 g/mol. The summed E-state index contributed by atoms with van der Waals surface area (Å²) < 4.78 is 3.28. The summed E-state index contributed by atoms with van der Waals surface area (Å²) in [6, 6.07) is 1.58. The third kappa shape index (κ3) is 2.76. The minimum absolute atomic E-state index is 0.0390. The van der Waals surface area contributed by atoms with Gasteiger partial charge in [-0.1, -0.05) is 30.1 Å². The fourth-order valence-corrected chi connectivity index (χ4v) is 2.15. The molecule has 96 valence electrons. The zero-order chi connectivity index (χ0) is 13.1. The van der Waals surface area contributed by atoms with Gasteiger partial charge in [0.05, 0.1) is 11.6 Å². The average molecular weight is 286 g/mol. The maximum atomic E-state index is 12.0. The first-order chi connectivity index (χ1) is 8.61. The van der Waals surface area contributed by atoms with E-state index >= 15 is 0 Å². The second-order valence-corrected chi connectivity index (χ2v) is 4.79. The van der Waals surface area contributed by atoms with Gasteiger partial charge in [-0.15, -0.1) is 0 Å². The Balaban J connectivity index is 2.26. The minimum Gasteiger partial charge on any atom is -0.299 e. The normalized spacial score (nSPS) is 10.8. The van der Waals surface area contributed by atoms with Crippen molar-refractivity contribution in [3.63, 3.8) is 0 Å². The molecule has 0 spiro atoms. The van der Waals surface area contributed by atoms with Crippen molar-refractivity contribution in [3.05, 3.63) is 50.9 Å². The fraction of sp³-hybridized carbons (Fsp3) is 0.333. The van der Waals surface area contributed by atoms with E-state index in [0.29, 0.717) is 16.7 Å². The summed E-state index contributed by atoms with van der Waals surface area (Å²) in [7, 11) is 0. The quantitative estimate of drug-likeness (QED) is 0.811. The molecule has 2 aromatic rings. The van der Waals surface area contributed by atoms with E-state index in [1.165, 1.54) is 0 Å². The second kappa shape index (κ2) is 5.59. The van der Waals surface area contributed by atoms with Crippen LogP contribution in [0.5, 0.6) is 0 Å². The summed E-state index contributed by atoms with van der Waals surface area (Å²) in [5.74, 6) is 0. The predicted octanol–water partition coefficient (Wildman–Crippen LogP) is 2.81. The van der Waals surface area contributed by atoms with E-state index in [1.54, 1.807) is 33.8 Å². The van der Waals surface area contributed by atoms with Gasteiger partial charge in [0.15, 0.2) is 0 Å². The standard InChI is InChI=1S/C12H13Cl2N3O/c1-2-3-16-4-5-17(12(16)18)8-9-7-15-11(14)6-10(9)13/h4-7H,2-3,8H2,1H3.